The van der Waals surface area contributed by atoms with E-state index < -0.39 is 0 Å². The Morgan fingerprint density at radius 2 is 2.05 bits per heavy atom. The van der Waals surface area contributed by atoms with E-state index in [1.165, 1.54) is 0 Å². The lowest BCUT2D eigenvalue weighted by molar-refractivity contribution is -0.136. The average molecular weight is 270 g/mol. The van der Waals surface area contributed by atoms with Gasteiger partial charge in [-0.25, -0.2) is 0 Å². The minimum Gasteiger partial charge on any atom is -0.392 e. The summed E-state index contributed by atoms with van der Waals surface area (Å²) in [6.07, 6.45) is 2.62. The van der Waals surface area contributed by atoms with E-state index in [0.29, 0.717) is 12.1 Å². The van der Waals surface area contributed by atoms with Crippen LogP contribution in [0.4, 0.5) is 0 Å². The zero-order valence-electron chi connectivity index (χ0n) is 12.2. The van der Waals surface area contributed by atoms with E-state index >= 15 is 0 Å². The molecule has 0 aromatic carbocycles. The molecule has 1 saturated heterocycles. The minimum absolute atomic E-state index is 0.0248. The monoisotopic (exact) mass is 270 g/mol. The molecule has 2 aliphatic rings. The second-order valence-electron chi connectivity index (χ2n) is 6.38. The molecule has 2 fully saturated rings. The van der Waals surface area contributed by atoms with Crippen LogP contribution in [0.1, 0.15) is 33.1 Å². The van der Waals surface area contributed by atoms with E-state index in [0.717, 1.165) is 32.4 Å². The van der Waals surface area contributed by atoms with Crippen LogP contribution in [0.2, 0.25) is 0 Å². The van der Waals surface area contributed by atoms with E-state index in [1.54, 1.807) is 7.11 Å². The number of nitrogens with one attached hydrogen (secondary N) is 1. The molecule has 2 atom stereocenters. The Kier molecular flexibility index (Phi) is 4.48. The van der Waals surface area contributed by atoms with Crippen LogP contribution in [-0.4, -0.2) is 60.9 Å². The average Bonchev–Trinajstić information content (AvgIpc) is 2.39. The van der Waals surface area contributed by atoms with Gasteiger partial charge in [0.1, 0.15) is 6.61 Å². The maximum atomic E-state index is 11.7. The van der Waals surface area contributed by atoms with Crippen molar-refractivity contribution >= 4 is 5.91 Å². The molecule has 0 radical (unpaired) electrons. The first kappa shape index (κ1) is 14.8. The molecule has 2 unspecified atom stereocenters. The fraction of sp³-hybridized carbons (Fsp3) is 0.929. The number of carbonyl (C=O) groups excluding carboxylic acids is 1. The first-order chi connectivity index (χ1) is 8.95. The third-order valence-electron chi connectivity index (χ3n) is 4.77. The number of ether oxygens (including phenoxy) is 1. The Hall–Kier alpha value is -0.650. The van der Waals surface area contributed by atoms with Crippen molar-refractivity contribution in [3.63, 3.8) is 0 Å². The van der Waals surface area contributed by atoms with Gasteiger partial charge in [-0.3, -0.25) is 4.79 Å². The molecule has 1 aliphatic carbocycles. The summed E-state index contributed by atoms with van der Waals surface area (Å²) < 4.78 is 4.88. The fourth-order valence-electron chi connectivity index (χ4n) is 2.98. The number of piperidine rings is 1. The molecule has 110 valence electrons. The maximum Gasteiger partial charge on any atom is 0.248 e. The van der Waals surface area contributed by atoms with Gasteiger partial charge in [-0.1, -0.05) is 13.8 Å². The summed E-state index contributed by atoms with van der Waals surface area (Å²) in [4.78, 5) is 13.6. The Bertz CT molecular complexity index is 325. The number of carbonyl (C=O) groups is 1. The fourth-order valence-corrected chi connectivity index (χ4v) is 2.98. The number of methoxy groups -OCH3 is 1. The molecular formula is C14H26N2O3. The highest BCUT2D eigenvalue weighted by atomic mass is 16.5. The number of hydrogen-bond acceptors (Lipinski definition) is 4. The number of aliphatic hydroxyl groups is 1. The van der Waals surface area contributed by atoms with Crippen LogP contribution in [-0.2, 0) is 9.53 Å². The molecule has 2 N–H and O–H groups in total. The van der Waals surface area contributed by atoms with E-state index in [9.17, 15) is 9.90 Å². The van der Waals surface area contributed by atoms with Crippen molar-refractivity contribution < 1.29 is 14.6 Å². The molecule has 5 heteroatoms. The van der Waals surface area contributed by atoms with Crippen molar-refractivity contribution in [2.24, 2.45) is 5.41 Å². The summed E-state index contributed by atoms with van der Waals surface area (Å²) in [5.74, 6) is 0.0837. The molecule has 0 aromatic heterocycles. The first-order valence-corrected chi connectivity index (χ1v) is 7.16. The van der Waals surface area contributed by atoms with Gasteiger partial charge < -0.3 is 20.1 Å². The third-order valence-corrected chi connectivity index (χ3v) is 4.77. The molecular weight excluding hydrogens is 244 g/mol. The SMILES string of the molecule is COCC(=O)N1CCC(NC2CC(O)C2(C)C)CC1. The number of nitrogens with zero attached hydrogens (tertiary/aromatic N) is 1. The van der Waals surface area contributed by atoms with E-state index in [1.807, 2.05) is 4.90 Å². The topological polar surface area (TPSA) is 61.8 Å². The van der Waals surface area contributed by atoms with Gasteiger partial charge in [-0.2, -0.15) is 0 Å². The van der Waals surface area contributed by atoms with Crippen molar-refractivity contribution in [1.82, 2.24) is 10.2 Å². The summed E-state index contributed by atoms with van der Waals surface area (Å²) in [5.41, 5.74) is -0.0248. The Balaban J connectivity index is 1.74. The Labute approximate surface area is 115 Å². The summed E-state index contributed by atoms with van der Waals surface area (Å²) in [6.45, 7) is 6.00. The molecule has 0 spiro atoms. The van der Waals surface area contributed by atoms with E-state index in [4.69, 9.17) is 4.74 Å². The van der Waals surface area contributed by atoms with Gasteiger partial charge in [0.25, 0.3) is 0 Å². The molecule has 0 aromatic rings. The van der Waals surface area contributed by atoms with Crippen molar-refractivity contribution in [3.8, 4) is 0 Å². The Morgan fingerprint density at radius 3 is 2.53 bits per heavy atom. The molecule has 2 rings (SSSR count). The van der Waals surface area contributed by atoms with Crippen LogP contribution in [0.3, 0.4) is 0 Å². The van der Waals surface area contributed by atoms with Gasteiger partial charge in [-0.05, 0) is 19.3 Å². The third kappa shape index (κ3) is 3.09. The second kappa shape index (κ2) is 5.77. The molecule has 1 saturated carbocycles. The largest absolute Gasteiger partial charge is 0.392 e. The molecule has 1 aliphatic heterocycles. The highest BCUT2D eigenvalue weighted by Crippen LogP contribution is 2.41. The van der Waals surface area contributed by atoms with Gasteiger partial charge in [0, 0.05) is 37.7 Å². The molecule has 0 bridgehead atoms. The molecule has 1 heterocycles. The van der Waals surface area contributed by atoms with Crippen molar-refractivity contribution in [3.05, 3.63) is 0 Å². The number of likely N-dealkylation sites (tertiary alicyclic amines) is 1. The minimum atomic E-state index is -0.187. The second-order valence-corrected chi connectivity index (χ2v) is 6.38. The smallest absolute Gasteiger partial charge is 0.248 e. The van der Waals surface area contributed by atoms with Gasteiger partial charge in [0.15, 0.2) is 0 Å². The van der Waals surface area contributed by atoms with Crippen LogP contribution in [0, 0.1) is 5.41 Å². The van der Waals surface area contributed by atoms with Crippen molar-refractivity contribution in [1.29, 1.82) is 0 Å². The molecule has 1 amide bonds. The number of hydrogen-bond donors (Lipinski definition) is 2. The molecule has 19 heavy (non-hydrogen) atoms. The number of rotatable bonds is 4. The van der Waals surface area contributed by atoms with Crippen LogP contribution in [0.15, 0.2) is 0 Å². The zero-order valence-corrected chi connectivity index (χ0v) is 12.2. The summed E-state index contributed by atoms with van der Waals surface area (Å²) in [7, 11) is 1.55. The van der Waals surface area contributed by atoms with Gasteiger partial charge in [0.2, 0.25) is 5.91 Å². The number of aliphatic hydroxyl groups excluding tert-OH is 1. The summed E-state index contributed by atoms with van der Waals surface area (Å²) >= 11 is 0. The lowest BCUT2D eigenvalue weighted by atomic mass is 9.64. The lowest BCUT2D eigenvalue weighted by Gasteiger charge is -2.51. The van der Waals surface area contributed by atoms with Crippen LogP contribution in [0.25, 0.3) is 0 Å². The van der Waals surface area contributed by atoms with Crippen molar-refractivity contribution in [2.45, 2.75) is 51.3 Å². The highest BCUT2D eigenvalue weighted by Gasteiger charge is 2.47. The summed E-state index contributed by atoms with van der Waals surface area (Å²) in [5, 5.41) is 13.4. The standard InChI is InChI=1S/C14H26N2O3/c1-14(2)11(8-12(14)17)15-10-4-6-16(7-5-10)13(18)9-19-3/h10-12,15,17H,4-9H2,1-3H3. The van der Waals surface area contributed by atoms with E-state index in [-0.39, 0.29) is 24.0 Å². The van der Waals surface area contributed by atoms with Gasteiger partial charge in [0.05, 0.1) is 6.10 Å². The van der Waals surface area contributed by atoms with Gasteiger partial charge >= 0.3 is 0 Å². The quantitative estimate of drug-likeness (QED) is 0.775. The maximum absolute atomic E-state index is 11.7. The molecule has 5 nitrogen and oxygen atoms in total. The first-order valence-electron chi connectivity index (χ1n) is 7.16. The zero-order chi connectivity index (χ0) is 14.0. The predicted octanol–water partition coefficient (Wildman–Crippen LogP) is 0.373. The summed E-state index contributed by atoms with van der Waals surface area (Å²) in [6, 6.07) is 0.858. The van der Waals surface area contributed by atoms with Gasteiger partial charge in [-0.15, -0.1) is 0 Å². The Morgan fingerprint density at radius 1 is 1.42 bits per heavy atom. The highest BCUT2D eigenvalue weighted by molar-refractivity contribution is 5.77. The number of amides is 1. The normalized spacial score (nSPS) is 31.1. The van der Waals surface area contributed by atoms with E-state index in [2.05, 4.69) is 19.2 Å². The van der Waals surface area contributed by atoms with Crippen LogP contribution in [0.5, 0.6) is 0 Å². The predicted molar refractivity (Wildman–Crippen MR) is 72.8 cm³/mol. The van der Waals surface area contributed by atoms with Crippen molar-refractivity contribution in [2.75, 3.05) is 26.8 Å². The van der Waals surface area contributed by atoms with Crippen LogP contribution < -0.4 is 5.32 Å². The van der Waals surface area contributed by atoms with Crippen LogP contribution >= 0.6 is 0 Å². The lowest BCUT2D eigenvalue weighted by Crippen LogP contribution is -2.63.